The van der Waals surface area contributed by atoms with Crippen molar-refractivity contribution in [2.24, 2.45) is 0 Å². The topological polar surface area (TPSA) is 60.9 Å². The molecule has 19 heavy (non-hydrogen) atoms. The van der Waals surface area contributed by atoms with Gasteiger partial charge in [0.2, 0.25) is 0 Å². The first-order chi connectivity index (χ1) is 8.93. The highest BCUT2D eigenvalue weighted by molar-refractivity contribution is 5.86. The molecule has 5 nitrogen and oxygen atoms in total. The average molecular weight is 270 g/mol. The van der Waals surface area contributed by atoms with Gasteiger partial charge in [-0.3, -0.25) is 0 Å². The monoisotopic (exact) mass is 270 g/mol. The summed E-state index contributed by atoms with van der Waals surface area (Å²) in [6.07, 6.45) is 5.46. The van der Waals surface area contributed by atoms with Crippen LogP contribution >= 0.6 is 0 Å². The molecule has 0 bridgehead atoms. The van der Waals surface area contributed by atoms with Crippen LogP contribution in [0.4, 0.5) is 4.79 Å². The maximum absolute atomic E-state index is 12.4. The molecule has 1 saturated heterocycles. The molecule has 1 unspecified atom stereocenters. The second-order valence-electron chi connectivity index (χ2n) is 5.60. The van der Waals surface area contributed by atoms with Crippen LogP contribution in [0.3, 0.4) is 0 Å². The van der Waals surface area contributed by atoms with E-state index in [0.717, 1.165) is 32.1 Å². The maximum atomic E-state index is 12.4. The minimum atomic E-state index is -1.05. The van der Waals surface area contributed by atoms with E-state index in [-0.39, 0.29) is 6.03 Å². The highest BCUT2D eigenvalue weighted by Crippen LogP contribution is 2.29. The van der Waals surface area contributed by atoms with Crippen LogP contribution in [0.2, 0.25) is 0 Å². The van der Waals surface area contributed by atoms with Crippen molar-refractivity contribution in [2.75, 3.05) is 20.1 Å². The first-order valence-electron chi connectivity index (χ1n) is 7.19. The number of carboxylic acids is 1. The SMILES string of the molecule is CCCCCN(C)C(=O)N1CCCCC1(C)C(=O)O. The zero-order valence-corrected chi connectivity index (χ0v) is 12.3. The number of amides is 2. The van der Waals surface area contributed by atoms with Gasteiger partial charge in [0.1, 0.15) is 5.54 Å². The van der Waals surface area contributed by atoms with Gasteiger partial charge >= 0.3 is 12.0 Å². The van der Waals surface area contributed by atoms with Crippen molar-refractivity contribution in [2.45, 2.75) is 57.9 Å². The minimum absolute atomic E-state index is 0.152. The molecule has 0 saturated carbocycles. The zero-order valence-electron chi connectivity index (χ0n) is 12.3. The van der Waals surface area contributed by atoms with Gasteiger partial charge in [-0.1, -0.05) is 19.8 Å². The first-order valence-corrected chi connectivity index (χ1v) is 7.19. The third-order valence-electron chi connectivity index (χ3n) is 4.01. The van der Waals surface area contributed by atoms with E-state index in [9.17, 15) is 14.7 Å². The van der Waals surface area contributed by atoms with Crippen LogP contribution < -0.4 is 0 Å². The summed E-state index contributed by atoms with van der Waals surface area (Å²) in [5, 5.41) is 9.40. The number of piperidine rings is 1. The molecule has 0 radical (unpaired) electrons. The number of hydrogen-bond donors (Lipinski definition) is 1. The molecular weight excluding hydrogens is 244 g/mol. The maximum Gasteiger partial charge on any atom is 0.329 e. The van der Waals surface area contributed by atoms with Gasteiger partial charge in [0.25, 0.3) is 0 Å². The molecule has 0 aliphatic carbocycles. The fourth-order valence-electron chi connectivity index (χ4n) is 2.55. The van der Waals surface area contributed by atoms with Crippen LogP contribution in [0.5, 0.6) is 0 Å². The van der Waals surface area contributed by atoms with Gasteiger partial charge in [-0.25, -0.2) is 9.59 Å². The van der Waals surface area contributed by atoms with Gasteiger partial charge in [-0.15, -0.1) is 0 Å². The summed E-state index contributed by atoms with van der Waals surface area (Å²) in [5.41, 5.74) is -1.05. The number of carboxylic acid groups (broad SMARTS) is 1. The molecule has 1 rings (SSSR count). The lowest BCUT2D eigenvalue weighted by Gasteiger charge is -2.43. The predicted octanol–water partition coefficient (Wildman–Crippen LogP) is 2.56. The number of carbonyl (C=O) groups excluding carboxylic acids is 1. The average Bonchev–Trinajstić information content (AvgIpc) is 2.38. The number of likely N-dealkylation sites (tertiary alicyclic amines) is 1. The van der Waals surface area contributed by atoms with Gasteiger partial charge in [0.15, 0.2) is 0 Å². The Balaban J connectivity index is 2.69. The molecule has 2 amide bonds. The number of unbranched alkanes of at least 4 members (excludes halogenated alkanes) is 2. The van der Waals surface area contributed by atoms with Crippen LogP contribution in [-0.4, -0.2) is 52.6 Å². The first kappa shape index (κ1) is 15.8. The van der Waals surface area contributed by atoms with Crippen molar-refractivity contribution < 1.29 is 14.7 Å². The fraction of sp³-hybridized carbons (Fsp3) is 0.857. The molecule has 0 aromatic rings. The van der Waals surface area contributed by atoms with E-state index in [1.807, 2.05) is 0 Å². The van der Waals surface area contributed by atoms with Crippen LogP contribution in [0, 0.1) is 0 Å². The number of hydrogen-bond acceptors (Lipinski definition) is 2. The summed E-state index contributed by atoms with van der Waals surface area (Å²) in [7, 11) is 1.76. The largest absolute Gasteiger partial charge is 0.480 e. The highest BCUT2D eigenvalue weighted by atomic mass is 16.4. The Bertz CT molecular complexity index is 333. The van der Waals surface area contributed by atoms with Crippen molar-refractivity contribution in [3.8, 4) is 0 Å². The van der Waals surface area contributed by atoms with Crippen LogP contribution in [-0.2, 0) is 4.79 Å². The summed E-state index contributed by atoms with van der Waals surface area (Å²) in [6, 6.07) is -0.152. The number of rotatable bonds is 5. The molecule has 1 atom stereocenters. The van der Waals surface area contributed by atoms with Crippen molar-refractivity contribution in [3.05, 3.63) is 0 Å². The number of carbonyl (C=O) groups is 2. The van der Waals surface area contributed by atoms with Crippen molar-refractivity contribution in [1.29, 1.82) is 0 Å². The van der Waals surface area contributed by atoms with E-state index >= 15 is 0 Å². The second-order valence-corrected chi connectivity index (χ2v) is 5.60. The normalized spacial score (nSPS) is 23.2. The Labute approximate surface area is 115 Å². The molecule has 0 aromatic carbocycles. The number of nitrogens with zero attached hydrogens (tertiary/aromatic N) is 2. The van der Waals surface area contributed by atoms with Gasteiger partial charge in [-0.2, -0.15) is 0 Å². The standard InChI is InChI=1S/C14H26N2O3/c1-4-5-7-10-15(3)13(19)16-11-8-6-9-14(16,2)12(17)18/h4-11H2,1-3H3,(H,17,18). The quantitative estimate of drug-likeness (QED) is 0.781. The third-order valence-corrected chi connectivity index (χ3v) is 4.01. The Kier molecular flexibility index (Phi) is 5.63. The fourth-order valence-corrected chi connectivity index (χ4v) is 2.55. The molecule has 1 aliphatic rings. The van der Waals surface area contributed by atoms with E-state index < -0.39 is 11.5 Å². The number of urea groups is 1. The lowest BCUT2D eigenvalue weighted by Crippen LogP contribution is -2.60. The molecule has 1 aliphatic heterocycles. The second kappa shape index (κ2) is 6.78. The lowest BCUT2D eigenvalue weighted by molar-refractivity contribution is -0.150. The minimum Gasteiger partial charge on any atom is -0.480 e. The van der Waals surface area contributed by atoms with Gasteiger partial charge in [-0.05, 0) is 32.6 Å². The number of aliphatic carboxylic acids is 1. The van der Waals surface area contributed by atoms with Crippen molar-refractivity contribution in [3.63, 3.8) is 0 Å². The molecule has 0 spiro atoms. The molecule has 1 heterocycles. The molecule has 1 fully saturated rings. The van der Waals surface area contributed by atoms with Crippen molar-refractivity contribution >= 4 is 12.0 Å². The van der Waals surface area contributed by atoms with Crippen molar-refractivity contribution in [1.82, 2.24) is 9.80 Å². The van der Waals surface area contributed by atoms with Crippen LogP contribution in [0.15, 0.2) is 0 Å². The lowest BCUT2D eigenvalue weighted by atomic mass is 9.89. The van der Waals surface area contributed by atoms with Gasteiger partial charge in [0, 0.05) is 20.1 Å². The predicted molar refractivity (Wildman–Crippen MR) is 74.1 cm³/mol. The van der Waals surface area contributed by atoms with Gasteiger partial charge in [0.05, 0.1) is 0 Å². The molecule has 110 valence electrons. The van der Waals surface area contributed by atoms with Gasteiger partial charge < -0.3 is 14.9 Å². The van der Waals surface area contributed by atoms with E-state index in [0.29, 0.717) is 19.5 Å². The Morgan fingerprint density at radius 2 is 2.00 bits per heavy atom. The molecular formula is C14H26N2O3. The molecule has 0 aromatic heterocycles. The Morgan fingerprint density at radius 3 is 2.58 bits per heavy atom. The summed E-state index contributed by atoms with van der Waals surface area (Å²) in [4.78, 5) is 27.0. The summed E-state index contributed by atoms with van der Waals surface area (Å²) in [5.74, 6) is -0.900. The zero-order chi connectivity index (χ0) is 14.5. The highest BCUT2D eigenvalue weighted by Gasteiger charge is 2.44. The third kappa shape index (κ3) is 3.61. The van der Waals surface area contributed by atoms with Crippen LogP contribution in [0.1, 0.15) is 52.4 Å². The van der Waals surface area contributed by atoms with E-state index in [1.54, 1.807) is 18.9 Å². The van der Waals surface area contributed by atoms with E-state index in [2.05, 4.69) is 6.92 Å². The smallest absolute Gasteiger partial charge is 0.329 e. The molecule has 5 heteroatoms. The van der Waals surface area contributed by atoms with E-state index in [4.69, 9.17) is 0 Å². The Morgan fingerprint density at radius 1 is 1.32 bits per heavy atom. The molecule has 1 N–H and O–H groups in total. The Hall–Kier alpha value is -1.26. The van der Waals surface area contributed by atoms with Crippen LogP contribution in [0.25, 0.3) is 0 Å². The van der Waals surface area contributed by atoms with E-state index in [1.165, 1.54) is 4.90 Å². The summed E-state index contributed by atoms with van der Waals surface area (Å²) < 4.78 is 0. The summed E-state index contributed by atoms with van der Waals surface area (Å²) >= 11 is 0. The summed E-state index contributed by atoms with van der Waals surface area (Å²) in [6.45, 7) is 5.01.